The minimum Gasteiger partial charge on any atom is -0.366 e. The molecule has 0 fully saturated rings. The summed E-state index contributed by atoms with van der Waals surface area (Å²) in [4.78, 5) is 13.8. The first-order chi connectivity index (χ1) is 16.8. The minimum atomic E-state index is -4.15. The van der Waals surface area contributed by atoms with Crippen molar-refractivity contribution < 1.29 is 32.0 Å². The molecule has 0 spiro atoms. The number of nitrogens with two attached hydrogens (primary N) is 1. The first-order valence-electron chi connectivity index (χ1n) is 10.5. The molecule has 0 amide bonds. The van der Waals surface area contributed by atoms with Gasteiger partial charge in [0.15, 0.2) is 5.76 Å². The van der Waals surface area contributed by atoms with Crippen LogP contribution in [-0.4, -0.2) is 22.1 Å². The molecule has 0 bridgehead atoms. The summed E-state index contributed by atoms with van der Waals surface area (Å²) in [6.45, 7) is 0.0434. The maximum absolute atomic E-state index is 13.8. The quantitative estimate of drug-likeness (QED) is 0.220. The van der Waals surface area contributed by atoms with Gasteiger partial charge in [0.05, 0.1) is 11.9 Å². The van der Waals surface area contributed by atoms with Crippen molar-refractivity contribution in [1.82, 2.24) is 10.1 Å². The van der Waals surface area contributed by atoms with E-state index in [2.05, 4.69) is 20.0 Å². The molecule has 4 rings (SSSR count). The van der Waals surface area contributed by atoms with Gasteiger partial charge in [-0.3, -0.25) is 10.3 Å². The average Bonchev–Trinajstić information content (AvgIpc) is 3.32. The monoisotopic (exact) mass is 500 g/mol. The number of nitrogens with zero attached hydrogens (tertiary/aromatic N) is 3. The highest BCUT2D eigenvalue weighted by atomic mass is 31.2. The Hall–Kier alpha value is -3.63. The van der Waals surface area contributed by atoms with Gasteiger partial charge < -0.3 is 14.7 Å². The molecule has 0 aliphatic heterocycles. The number of nitrogens with one attached hydrogen (secondary N) is 1. The SMILES string of the molecule is COP(=O)(O)OC[n+]1cccc(-c2cc(Cc3ccc(NCc4ccccc4F)nc3)no2)c1N. The molecule has 0 aliphatic carbocycles. The third-order valence-electron chi connectivity index (χ3n) is 5.16. The van der Waals surface area contributed by atoms with Crippen molar-refractivity contribution in [3.63, 3.8) is 0 Å². The molecule has 0 saturated carbocycles. The Labute approximate surface area is 200 Å². The van der Waals surface area contributed by atoms with Crippen molar-refractivity contribution in [2.24, 2.45) is 0 Å². The Morgan fingerprint density at radius 2 is 2.06 bits per heavy atom. The third kappa shape index (κ3) is 6.28. The predicted octanol–water partition coefficient (Wildman–Crippen LogP) is 3.67. The van der Waals surface area contributed by atoms with Crippen LogP contribution in [0, 0.1) is 5.82 Å². The van der Waals surface area contributed by atoms with Gasteiger partial charge in [-0.1, -0.05) is 29.4 Å². The van der Waals surface area contributed by atoms with Crippen LogP contribution in [0.15, 0.2) is 71.5 Å². The zero-order valence-electron chi connectivity index (χ0n) is 18.8. The van der Waals surface area contributed by atoms with Gasteiger partial charge in [0, 0.05) is 37.9 Å². The fourth-order valence-electron chi connectivity index (χ4n) is 3.26. The Kier molecular flexibility index (Phi) is 7.52. The van der Waals surface area contributed by atoms with Gasteiger partial charge in [0.25, 0.3) is 5.82 Å². The van der Waals surface area contributed by atoms with E-state index in [1.54, 1.807) is 48.8 Å². The summed E-state index contributed by atoms with van der Waals surface area (Å²) < 4.78 is 41.5. The Morgan fingerprint density at radius 1 is 1.23 bits per heavy atom. The van der Waals surface area contributed by atoms with E-state index in [0.717, 1.165) is 12.7 Å². The zero-order chi connectivity index (χ0) is 24.8. The van der Waals surface area contributed by atoms with E-state index in [1.165, 1.54) is 10.6 Å². The predicted molar refractivity (Wildman–Crippen MR) is 125 cm³/mol. The zero-order valence-corrected chi connectivity index (χ0v) is 19.7. The fourth-order valence-corrected chi connectivity index (χ4v) is 3.64. The molecule has 3 heterocycles. The number of pyridine rings is 2. The molecule has 3 aromatic heterocycles. The van der Waals surface area contributed by atoms with Crippen molar-refractivity contribution in [1.29, 1.82) is 0 Å². The van der Waals surface area contributed by atoms with E-state index in [4.69, 9.17) is 14.8 Å². The number of phosphoric acid groups is 1. The number of nitrogen functional groups attached to an aromatic ring is 1. The summed E-state index contributed by atoms with van der Waals surface area (Å²) in [5.74, 6) is 1.06. The van der Waals surface area contributed by atoms with Crippen LogP contribution in [-0.2, 0) is 33.3 Å². The third-order valence-corrected chi connectivity index (χ3v) is 6.06. The van der Waals surface area contributed by atoms with Crippen molar-refractivity contribution in [3.05, 3.63) is 89.6 Å². The number of phosphoric ester groups is 1. The van der Waals surface area contributed by atoms with Crippen LogP contribution in [0.25, 0.3) is 11.3 Å². The Balaban J connectivity index is 1.40. The van der Waals surface area contributed by atoms with Gasteiger partial charge in [-0.15, -0.1) is 0 Å². The normalized spacial score (nSPS) is 12.9. The smallest absolute Gasteiger partial charge is 0.366 e. The summed E-state index contributed by atoms with van der Waals surface area (Å²) in [7, 11) is -3.07. The number of rotatable bonds is 10. The van der Waals surface area contributed by atoms with E-state index in [0.29, 0.717) is 41.4 Å². The molecule has 12 heteroatoms. The molecule has 1 atom stereocenters. The lowest BCUT2D eigenvalue weighted by Gasteiger charge is -2.09. The number of anilines is 2. The number of aromatic nitrogens is 3. The summed E-state index contributed by atoms with van der Waals surface area (Å²) >= 11 is 0. The van der Waals surface area contributed by atoms with Crippen molar-refractivity contribution in [3.8, 4) is 11.3 Å². The number of halogens is 1. The lowest BCUT2D eigenvalue weighted by Crippen LogP contribution is -2.38. The van der Waals surface area contributed by atoms with Crippen molar-refractivity contribution in [2.75, 3.05) is 18.2 Å². The second-order valence-electron chi connectivity index (χ2n) is 7.54. The van der Waals surface area contributed by atoms with Crippen LogP contribution in [0.5, 0.6) is 0 Å². The molecule has 182 valence electrons. The summed E-state index contributed by atoms with van der Waals surface area (Å²) in [5, 5.41) is 7.21. The maximum atomic E-state index is 13.8. The standard InChI is InChI=1S/C23H23FN5O5P/c1-32-35(30,31)33-15-29-10-4-6-19(23(29)25)21-12-18(28-34-21)11-16-8-9-22(26-13-16)27-14-17-5-2-3-7-20(17)24/h2-10,12-13,25H,11,14-15H2,1H3,(H2,26,27,30,31)/p+1. The van der Waals surface area contributed by atoms with Gasteiger partial charge in [-0.2, -0.15) is 0 Å². The first kappa shape index (κ1) is 24.5. The highest BCUT2D eigenvalue weighted by Gasteiger charge is 2.22. The summed E-state index contributed by atoms with van der Waals surface area (Å²) in [6, 6.07) is 15.5. The van der Waals surface area contributed by atoms with E-state index in [-0.39, 0.29) is 18.4 Å². The van der Waals surface area contributed by atoms with Crippen LogP contribution in [0.2, 0.25) is 0 Å². The van der Waals surface area contributed by atoms with Crippen molar-refractivity contribution >= 4 is 19.5 Å². The summed E-state index contributed by atoms with van der Waals surface area (Å²) in [5.41, 5.74) is 8.87. The first-order valence-corrected chi connectivity index (χ1v) is 12.0. The van der Waals surface area contributed by atoms with Crippen molar-refractivity contribution in [2.45, 2.75) is 19.7 Å². The van der Waals surface area contributed by atoms with Crippen LogP contribution >= 0.6 is 7.82 Å². The fraction of sp³-hybridized carbons (Fsp3) is 0.174. The molecular weight excluding hydrogens is 476 g/mol. The molecular formula is C23H24FN5O5P+. The number of hydrogen-bond acceptors (Lipinski definition) is 8. The Morgan fingerprint density at radius 3 is 2.80 bits per heavy atom. The van der Waals surface area contributed by atoms with Gasteiger partial charge in [-0.05, 0) is 29.8 Å². The lowest BCUT2D eigenvalue weighted by atomic mass is 10.1. The second-order valence-corrected chi connectivity index (χ2v) is 9.10. The van der Waals surface area contributed by atoms with Gasteiger partial charge in [-0.25, -0.2) is 23.0 Å². The topological polar surface area (TPSA) is 137 Å². The maximum Gasteiger partial charge on any atom is 0.475 e. The molecule has 0 saturated heterocycles. The average molecular weight is 500 g/mol. The van der Waals surface area contributed by atoms with Gasteiger partial charge in [0.2, 0.25) is 6.73 Å². The molecule has 4 aromatic rings. The highest BCUT2D eigenvalue weighted by molar-refractivity contribution is 7.47. The van der Waals surface area contributed by atoms with E-state index >= 15 is 0 Å². The highest BCUT2D eigenvalue weighted by Crippen LogP contribution is 2.41. The molecule has 1 aromatic carbocycles. The van der Waals surface area contributed by atoms with Gasteiger partial charge in [0.1, 0.15) is 17.2 Å². The molecule has 35 heavy (non-hydrogen) atoms. The number of benzene rings is 1. The molecule has 4 N–H and O–H groups in total. The Bertz CT molecular complexity index is 1350. The lowest BCUT2D eigenvalue weighted by molar-refractivity contribution is -0.711. The van der Waals surface area contributed by atoms with Crippen LogP contribution in [0.4, 0.5) is 16.0 Å². The largest absolute Gasteiger partial charge is 0.475 e. The molecule has 0 radical (unpaired) electrons. The second kappa shape index (κ2) is 10.7. The van der Waals surface area contributed by atoms with E-state index < -0.39 is 7.82 Å². The number of hydrogen-bond donors (Lipinski definition) is 3. The van der Waals surface area contributed by atoms with Crippen LogP contribution < -0.4 is 15.6 Å². The summed E-state index contributed by atoms with van der Waals surface area (Å²) in [6.07, 6.45) is 3.78. The molecule has 1 unspecified atom stereocenters. The van der Waals surface area contributed by atoms with Gasteiger partial charge >= 0.3 is 7.82 Å². The molecule has 10 nitrogen and oxygen atoms in total. The van der Waals surface area contributed by atoms with Crippen LogP contribution in [0.1, 0.15) is 16.8 Å². The van der Waals surface area contributed by atoms with Crippen LogP contribution in [0.3, 0.4) is 0 Å². The minimum absolute atomic E-state index is 0.262. The van der Waals surface area contributed by atoms with E-state index in [1.807, 2.05) is 12.1 Å². The molecule has 0 aliphatic rings. The van der Waals surface area contributed by atoms with E-state index in [9.17, 15) is 13.8 Å².